The molecule has 1 aromatic heterocycles. The highest BCUT2D eigenvalue weighted by atomic mass is 14.7. The average Bonchev–Trinajstić information content (AvgIpc) is 2.31. The molecular weight excluding hydrogens is 194 g/mol. The minimum absolute atomic E-state index is 1.09. The van der Waals surface area contributed by atoms with Gasteiger partial charge in [-0.15, -0.1) is 0 Å². The van der Waals surface area contributed by atoms with E-state index in [0.717, 1.165) is 24.8 Å². The normalized spacial score (nSPS) is 10.9. The highest BCUT2D eigenvalue weighted by Crippen LogP contribution is 2.24. The van der Waals surface area contributed by atoms with E-state index in [9.17, 15) is 0 Å². The molecule has 0 aliphatic carbocycles. The Morgan fingerprint density at radius 1 is 1.12 bits per heavy atom. The molecule has 1 heterocycles. The van der Waals surface area contributed by atoms with Crippen LogP contribution < -0.4 is 0 Å². The van der Waals surface area contributed by atoms with Gasteiger partial charge in [0.15, 0.2) is 0 Å². The largest absolute Gasteiger partial charge is 0.253 e. The fourth-order valence-corrected chi connectivity index (χ4v) is 2.37. The zero-order valence-corrected chi connectivity index (χ0v) is 10.4. The molecule has 84 valence electrons. The zero-order valence-electron chi connectivity index (χ0n) is 10.4. The van der Waals surface area contributed by atoms with Gasteiger partial charge in [-0.05, 0) is 37.0 Å². The first kappa shape index (κ1) is 11.1. The topological polar surface area (TPSA) is 12.9 Å². The fourth-order valence-electron chi connectivity index (χ4n) is 2.37. The second-order valence-electron chi connectivity index (χ2n) is 4.28. The predicted molar refractivity (Wildman–Crippen MR) is 69.9 cm³/mol. The maximum atomic E-state index is 4.77. The minimum atomic E-state index is 1.09. The lowest BCUT2D eigenvalue weighted by Gasteiger charge is -2.12. The Kier molecular flexibility index (Phi) is 3.23. The molecule has 0 aliphatic heterocycles. The number of hydrogen-bond acceptors (Lipinski definition) is 1. The summed E-state index contributed by atoms with van der Waals surface area (Å²) in [6, 6.07) is 8.47. The number of hydrogen-bond donors (Lipinski definition) is 0. The second kappa shape index (κ2) is 4.65. The van der Waals surface area contributed by atoms with Gasteiger partial charge < -0.3 is 0 Å². The van der Waals surface area contributed by atoms with E-state index in [4.69, 9.17) is 4.98 Å². The van der Waals surface area contributed by atoms with Crippen LogP contribution >= 0.6 is 0 Å². The lowest BCUT2D eigenvalue weighted by molar-refractivity contribution is 0.872. The number of fused-ring (bicyclic) bond motifs is 1. The van der Waals surface area contributed by atoms with E-state index in [2.05, 4.69) is 45.0 Å². The minimum Gasteiger partial charge on any atom is -0.253 e. The summed E-state index contributed by atoms with van der Waals surface area (Å²) in [7, 11) is 0. The van der Waals surface area contributed by atoms with Crippen LogP contribution in [0.15, 0.2) is 24.3 Å². The number of nitrogens with zero attached hydrogens (tertiary/aromatic N) is 1. The molecule has 2 aromatic rings. The number of aryl methyl sites for hydroxylation is 2. The summed E-state index contributed by atoms with van der Waals surface area (Å²) in [5.41, 5.74) is 5.28. The molecule has 0 fully saturated rings. The quantitative estimate of drug-likeness (QED) is 0.749. The molecule has 1 nitrogen and oxygen atoms in total. The second-order valence-corrected chi connectivity index (χ2v) is 4.28. The molecule has 0 spiro atoms. The fraction of sp³-hybridized carbons (Fsp3) is 0.400. The van der Waals surface area contributed by atoms with Crippen LogP contribution in [0, 0.1) is 6.92 Å². The van der Waals surface area contributed by atoms with Crippen LogP contribution in [0.3, 0.4) is 0 Å². The Morgan fingerprint density at radius 2 is 1.88 bits per heavy atom. The molecule has 0 amide bonds. The van der Waals surface area contributed by atoms with Crippen LogP contribution in [-0.2, 0) is 12.8 Å². The maximum absolute atomic E-state index is 4.77. The van der Waals surface area contributed by atoms with E-state index in [1.807, 2.05) is 0 Å². The molecule has 0 saturated carbocycles. The Morgan fingerprint density at radius 3 is 2.56 bits per heavy atom. The van der Waals surface area contributed by atoms with Gasteiger partial charge in [-0.1, -0.05) is 38.5 Å². The maximum Gasteiger partial charge on any atom is 0.0708 e. The highest BCUT2D eigenvalue weighted by Gasteiger charge is 2.08. The van der Waals surface area contributed by atoms with Crippen molar-refractivity contribution in [2.75, 3.05) is 0 Å². The third-order valence-corrected chi connectivity index (χ3v) is 3.21. The van der Waals surface area contributed by atoms with E-state index in [0.29, 0.717) is 0 Å². The van der Waals surface area contributed by atoms with Crippen LogP contribution in [0.25, 0.3) is 10.9 Å². The summed E-state index contributed by atoms with van der Waals surface area (Å²) in [5, 5.41) is 1.32. The summed E-state index contributed by atoms with van der Waals surface area (Å²) < 4.78 is 0. The van der Waals surface area contributed by atoms with Gasteiger partial charge in [0, 0.05) is 11.1 Å². The lowest BCUT2D eigenvalue weighted by Crippen LogP contribution is -2.00. The van der Waals surface area contributed by atoms with E-state index in [-0.39, 0.29) is 0 Å². The van der Waals surface area contributed by atoms with Crippen molar-refractivity contribution in [3.8, 4) is 0 Å². The first-order chi connectivity index (χ1) is 7.77. The van der Waals surface area contributed by atoms with E-state index < -0.39 is 0 Å². The summed E-state index contributed by atoms with van der Waals surface area (Å²) in [5.74, 6) is 0. The van der Waals surface area contributed by atoms with E-state index in [1.54, 1.807) is 0 Å². The van der Waals surface area contributed by atoms with Crippen molar-refractivity contribution in [3.63, 3.8) is 0 Å². The van der Waals surface area contributed by atoms with Gasteiger partial charge in [0.1, 0.15) is 0 Å². The molecule has 1 aromatic carbocycles. The monoisotopic (exact) mass is 213 g/mol. The third-order valence-electron chi connectivity index (χ3n) is 3.21. The average molecular weight is 213 g/mol. The molecular formula is C15H19N. The molecule has 0 aliphatic rings. The van der Waals surface area contributed by atoms with Crippen LogP contribution in [0.2, 0.25) is 0 Å². The van der Waals surface area contributed by atoms with Gasteiger partial charge in [-0.3, -0.25) is 4.98 Å². The molecule has 0 radical (unpaired) electrons. The van der Waals surface area contributed by atoms with Gasteiger partial charge in [0.2, 0.25) is 0 Å². The number of pyridine rings is 1. The van der Waals surface area contributed by atoms with Crippen LogP contribution in [0.5, 0.6) is 0 Å². The van der Waals surface area contributed by atoms with Crippen LogP contribution in [0.1, 0.15) is 37.1 Å². The number of para-hydroxylation sites is 1. The van der Waals surface area contributed by atoms with Crippen molar-refractivity contribution in [2.45, 2.75) is 40.0 Å². The first-order valence-corrected chi connectivity index (χ1v) is 6.15. The summed E-state index contributed by atoms with van der Waals surface area (Å²) >= 11 is 0. The van der Waals surface area contributed by atoms with Gasteiger partial charge in [-0.25, -0.2) is 0 Å². The van der Waals surface area contributed by atoms with Crippen LogP contribution in [-0.4, -0.2) is 4.98 Å². The SMILES string of the molecule is CCCc1nc2ccccc2c(CC)c1C. The molecule has 0 saturated heterocycles. The van der Waals surface area contributed by atoms with Gasteiger partial charge in [-0.2, -0.15) is 0 Å². The molecule has 0 bridgehead atoms. The smallest absolute Gasteiger partial charge is 0.0708 e. The summed E-state index contributed by atoms with van der Waals surface area (Å²) in [6.45, 7) is 6.65. The van der Waals surface area contributed by atoms with Gasteiger partial charge in [0.05, 0.1) is 5.52 Å². The highest BCUT2D eigenvalue weighted by molar-refractivity contribution is 5.83. The number of rotatable bonds is 3. The standard InChI is InChI=1S/C15H19N/c1-4-8-14-11(3)12(5-2)13-9-6-7-10-15(13)16-14/h6-7,9-10H,4-5,8H2,1-3H3. The third kappa shape index (κ3) is 1.82. The van der Waals surface area contributed by atoms with Crippen molar-refractivity contribution < 1.29 is 0 Å². The van der Waals surface area contributed by atoms with E-state index in [1.165, 1.54) is 22.2 Å². The van der Waals surface area contributed by atoms with Gasteiger partial charge in [0.25, 0.3) is 0 Å². The van der Waals surface area contributed by atoms with Crippen molar-refractivity contribution >= 4 is 10.9 Å². The van der Waals surface area contributed by atoms with Crippen molar-refractivity contribution in [3.05, 3.63) is 41.1 Å². The Hall–Kier alpha value is -1.37. The first-order valence-electron chi connectivity index (χ1n) is 6.15. The molecule has 0 unspecified atom stereocenters. The summed E-state index contributed by atoms with van der Waals surface area (Å²) in [6.07, 6.45) is 3.34. The molecule has 16 heavy (non-hydrogen) atoms. The molecule has 2 rings (SSSR count). The molecule has 1 heteroatoms. The lowest BCUT2D eigenvalue weighted by atomic mass is 9.98. The molecule has 0 N–H and O–H groups in total. The van der Waals surface area contributed by atoms with Crippen molar-refractivity contribution in [1.29, 1.82) is 0 Å². The van der Waals surface area contributed by atoms with Gasteiger partial charge >= 0.3 is 0 Å². The zero-order chi connectivity index (χ0) is 11.5. The molecule has 0 atom stereocenters. The number of aromatic nitrogens is 1. The van der Waals surface area contributed by atoms with Crippen molar-refractivity contribution in [1.82, 2.24) is 4.98 Å². The van der Waals surface area contributed by atoms with Crippen LogP contribution in [0.4, 0.5) is 0 Å². The Bertz CT molecular complexity index is 500. The summed E-state index contributed by atoms with van der Waals surface area (Å²) in [4.78, 5) is 4.77. The Balaban J connectivity index is 2.72. The van der Waals surface area contributed by atoms with Crippen molar-refractivity contribution in [2.24, 2.45) is 0 Å². The predicted octanol–water partition coefficient (Wildman–Crippen LogP) is 4.06. The Labute approximate surface area is 97.5 Å². The number of benzene rings is 1. The van der Waals surface area contributed by atoms with E-state index >= 15 is 0 Å².